The number of anilines is 1. The molecule has 7 heteroatoms. The zero-order chi connectivity index (χ0) is 19.6. The Hall–Kier alpha value is -3.35. The molecule has 0 unspecified atom stereocenters. The molecule has 0 aliphatic heterocycles. The molecule has 1 amide bonds. The molecule has 0 aliphatic rings. The smallest absolute Gasteiger partial charge is 0.257 e. The second kappa shape index (κ2) is 7.49. The van der Waals surface area contributed by atoms with Crippen LogP contribution >= 0.6 is 0 Å². The van der Waals surface area contributed by atoms with E-state index in [2.05, 4.69) is 5.32 Å². The van der Waals surface area contributed by atoms with Gasteiger partial charge in [-0.05, 0) is 36.2 Å². The van der Waals surface area contributed by atoms with Crippen LogP contribution in [0.3, 0.4) is 0 Å². The van der Waals surface area contributed by atoms with E-state index < -0.39 is 29.0 Å². The van der Waals surface area contributed by atoms with Gasteiger partial charge >= 0.3 is 0 Å². The number of hydrogen-bond acceptors (Lipinski definition) is 2. The van der Waals surface area contributed by atoms with E-state index in [1.807, 2.05) is 31.2 Å². The molecule has 0 saturated heterocycles. The van der Waals surface area contributed by atoms with Gasteiger partial charge in [-0.1, -0.05) is 24.3 Å². The predicted octanol–water partition coefficient (Wildman–Crippen LogP) is 3.87. The molecule has 4 nitrogen and oxygen atoms in total. The summed E-state index contributed by atoms with van der Waals surface area (Å²) < 4.78 is 41.4. The van der Waals surface area contributed by atoms with Crippen LogP contribution in [0.25, 0.3) is 0 Å². The molecule has 0 spiro atoms. The monoisotopic (exact) mass is 372 g/mol. The minimum Gasteiger partial charge on any atom is -0.319 e. The Morgan fingerprint density at radius 2 is 1.74 bits per heavy atom. The number of hydrogen-bond donors (Lipinski definition) is 1. The van der Waals surface area contributed by atoms with Crippen molar-refractivity contribution in [1.82, 2.24) is 4.57 Å². The lowest BCUT2D eigenvalue weighted by Crippen LogP contribution is -2.23. The predicted molar refractivity (Wildman–Crippen MR) is 95.3 cm³/mol. The molecule has 3 aromatic rings. The number of benzene rings is 2. The van der Waals surface area contributed by atoms with Gasteiger partial charge in [0.25, 0.3) is 11.5 Å². The molecule has 0 saturated carbocycles. The van der Waals surface area contributed by atoms with Crippen molar-refractivity contribution in [2.24, 2.45) is 0 Å². The Kier molecular flexibility index (Phi) is 5.12. The van der Waals surface area contributed by atoms with Gasteiger partial charge in [-0.15, -0.1) is 0 Å². The Morgan fingerprint density at radius 1 is 1.00 bits per heavy atom. The summed E-state index contributed by atoms with van der Waals surface area (Å²) in [6.45, 7) is 2.16. The number of aromatic nitrogens is 1. The minimum absolute atomic E-state index is 0.0762. The van der Waals surface area contributed by atoms with E-state index in [4.69, 9.17) is 0 Å². The second-order valence-corrected chi connectivity index (χ2v) is 5.99. The van der Waals surface area contributed by atoms with Crippen LogP contribution in [0.1, 0.15) is 21.5 Å². The molecule has 0 radical (unpaired) electrons. The number of amides is 1. The van der Waals surface area contributed by atoms with E-state index in [0.717, 1.165) is 17.2 Å². The highest BCUT2D eigenvalue weighted by Gasteiger charge is 2.16. The third kappa shape index (κ3) is 3.92. The normalized spacial score (nSPS) is 10.7. The summed E-state index contributed by atoms with van der Waals surface area (Å²) in [6, 6.07) is 11.6. The van der Waals surface area contributed by atoms with Crippen LogP contribution in [0.15, 0.2) is 59.5 Å². The van der Waals surface area contributed by atoms with Gasteiger partial charge in [0.2, 0.25) is 0 Å². The van der Waals surface area contributed by atoms with Crippen molar-refractivity contribution in [1.29, 1.82) is 0 Å². The van der Waals surface area contributed by atoms with Gasteiger partial charge in [0.1, 0.15) is 0 Å². The molecular weight excluding hydrogens is 357 g/mol. The first-order valence-corrected chi connectivity index (χ1v) is 8.06. The molecule has 138 valence electrons. The first-order valence-electron chi connectivity index (χ1n) is 8.06. The highest BCUT2D eigenvalue weighted by molar-refractivity contribution is 6.04. The fourth-order valence-corrected chi connectivity index (χ4v) is 2.58. The summed E-state index contributed by atoms with van der Waals surface area (Å²) in [6.07, 6.45) is 1.34. The van der Waals surface area contributed by atoms with Gasteiger partial charge in [-0.25, -0.2) is 13.2 Å². The number of halogens is 3. The van der Waals surface area contributed by atoms with E-state index >= 15 is 0 Å². The summed E-state index contributed by atoms with van der Waals surface area (Å²) in [7, 11) is 0. The van der Waals surface area contributed by atoms with Crippen molar-refractivity contribution in [2.75, 3.05) is 5.32 Å². The van der Waals surface area contributed by atoms with Crippen LogP contribution in [0.2, 0.25) is 0 Å². The van der Waals surface area contributed by atoms with Crippen LogP contribution < -0.4 is 10.9 Å². The summed E-state index contributed by atoms with van der Waals surface area (Å²) in [5.74, 6) is -5.26. The van der Waals surface area contributed by atoms with Crippen LogP contribution in [-0.2, 0) is 6.54 Å². The maximum absolute atomic E-state index is 13.7. The first-order chi connectivity index (χ1) is 12.9. The van der Waals surface area contributed by atoms with Crippen molar-refractivity contribution in [2.45, 2.75) is 13.5 Å². The SMILES string of the molecule is Cc1ccccc1Cn1cc(C(=O)Nc2ccc(F)c(F)c2F)ccc1=O. The van der Waals surface area contributed by atoms with Crippen molar-refractivity contribution in [3.05, 3.63) is 99.2 Å². The summed E-state index contributed by atoms with van der Waals surface area (Å²) in [5, 5.41) is 2.18. The van der Waals surface area contributed by atoms with Crippen LogP contribution in [-0.4, -0.2) is 10.5 Å². The van der Waals surface area contributed by atoms with E-state index in [0.29, 0.717) is 6.07 Å². The first kappa shape index (κ1) is 18.4. The fourth-order valence-electron chi connectivity index (χ4n) is 2.58. The lowest BCUT2D eigenvalue weighted by Gasteiger charge is -2.11. The van der Waals surface area contributed by atoms with E-state index in [1.165, 1.54) is 22.9 Å². The highest BCUT2D eigenvalue weighted by atomic mass is 19.2. The Morgan fingerprint density at radius 3 is 2.48 bits per heavy atom. The molecule has 0 fully saturated rings. The van der Waals surface area contributed by atoms with Crippen molar-refractivity contribution in [3.63, 3.8) is 0 Å². The van der Waals surface area contributed by atoms with Crippen molar-refractivity contribution >= 4 is 11.6 Å². The zero-order valence-electron chi connectivity index (χ0n) is 14.3. The van der Waals surface area contributed by atoms with Gasteiger partial charge < -0.3 is 9.88 Å². The van der Waals surface area contributed by atoms with Gasteiger partial charge in [0, 0.05) is 12.3 Å². The average Bonchev–Trinajstić information content (AvgIpc) is 2.65. The topological polar surface area (TPSA) is 51.1 Å². The number of rotatable bonds is 4. The van der Waals surface area contributed by atoms with Crippen LogP contribution in [0.5, 0.6) is 0 Å². The molecule has 0 aliphatic carbocycles. The lowest BCUT2D eigenvalue weighted by molar-refractivity contribution is 0.102. The van der Waals surface area contributed by atoms with Gasteiger partial charge in [-0.2, -0.15) is 0 Å². The molecule has 1 N–H and O–H groups in total. The number of carbonyl (C=O) groups excluding carboxylic acids is 1. The second-order valence-electron chi connectivity index (χ2n) is 5.99. The summed E-state index contributed by atoms with van der Waals surface area (Å²) in [4.78, 5) is 24.4. The molecule has 1 heterocycles. The number of carbonyl (C=O) groups is 1. The van der Waals surface area contributed by atoms with E-state index in [9.17, 15) is 22.8 Å². The average molecular weight is 372 g/mol. The summed E-state index contributed by atoms with van der Waals surface area (Å²) in [5.41, 5.74) is 1.17. The van der Waals surface area contributed by atoms with Crippen molar-refractivity contribution < 1.29 is 18.0 Å². The van der Waals surface area contributed by atoms with Gasteiger partial charge in [0.05, 0.1) is 17.8 Å². The third-order valence-corrected chi connectivity index (χ3v) is 4.13. The molecule has 0 bridgehead atoms. The van der Waals surface area contributed by atoms with E-state index in [1.54, 1.807) is 0 Å². The largest absolute Gasteiger partial charge is 0.319 e. The summed E-state index contributed by atoms with van der Waals surface area (Å²) >= 11 is 0. The number of nitrogens with zero attached hydrogens (tertiary/aromatic N) is 1. The molecule has 3 rings (SSSR count). The standard InChI is InChI=1S/C20H15F3N2O2/c1-12-4-2-3-5-13(12)10-25-11-14(6-9-17(25)26)20(27)24-16-8-7-15(21)18(22)19(16)23/h2-9,11H,10H2,1H3,(H,24,27). The molecular formula is C20H15F3N2O2. The fraction of sp³-hybridized carbons (Fsp3) is 0.100. The maximum Gasteiger partial charge on any atom is 0.257 e. The van der Waals surface area contributed by atoms with E-state index in [-0.39, 0.29) is 17.7 Å². The number of aryl methyl sites for hydroxylation is 1. The number of pyridine rings is 1. The zero-order valence-corrected chi connectivity index (χ0v) is 14.3. The van der Waals surface area contributed by atoms with Gasteiger partial charge in [0.15, 0.2) is 17.5 Å². The molecule has 27 heavy (non-hydrogen) atoms. The Balaban J connectivity index is 1.87. The Bertz CT molecular complexity index is 1080. The van der Waals surface area contributed by atoms with Crippen molar-refractivity contribution in [3.8, 4) is 0 Å². The van der Waals surface area contributed by atoms with Gasteiger partial charge in [-0.3, -0.25) is 9.59 Å². The molecule has 1 aromatic heterocycles. The molecule has 2 aromatic carbocycles. The number of nitrogens with one attached hydrogen (secondary N) is 1. The van der Waals surface area contributed by atoms with Crippen LogP contribution in [0.4, 0.5) is 18.9 Å². The highest BCUT2D eigenvalue weighted by Crippen LogP contribution is 2.20. The molecule has 0 atom stereocenters. The lowest BCUT2D eigenvalue weighted by atomic mass is 10.1. The van der Waals surface area contributed by atoms with Crippen LogP contribution in [0, 0.1) is 24.4 Å². The maximum atomic E-state index is 13.7. The Labute approximate surface area is 152 Å². The quantitative estimate of drug-likeness (QED) is 0.707. The third-order valence-electron chi connectivity index (χ3n) is 4.13. The minimum atomic E-state index is -1.67.